The Morgan fingerprint density at radius 2 is 1.69 bits per heavy atom. The predicted octanol–water partition coefficient (Wildman–Crippen LogP) is 3.56. The van der Waals surface area contributed by atoms with Gasteiger partial charge < -0.3 is 14.4 Å². The molecule has 7 nitrogen and oxygen atoms in total. The fourth-order valence-electron chi connectivity index (χ4n) is 3.92. The summed E-state index contributed by atoms with van der Waals surface area (Å²) in [5.74, 6) is 1.98. The third-order valence-corrected chi connectivity index (χ3v) is 5.75. The van der Waals surface area contributed by atoms with Crippen molar-refractivity contribution < 1.29 is 14.4 Å². The van der Waals surface area contributed by atoms with Crippen molar-refractivity contribution in [3.8, 4) is 17.1 Å². The van der Waals surface area contributed by atoms with Crippen LogP contribution in [0.25, 0.3) is 11.4 Å². The third kappa shape index (κ3) is 6.29. The van der Waals surface area contributed by atoms with Gasteiger partial charge in [0.15, 0.2) is 0 Å². The van der Waals surface area contributed by atoms with E-state index in [9.17, 15) is 5.11 Å². The molecule has 2 heterocycles. The Labute approximate surface area is 193 Å². The Morgan fingerprint density at radius 1 is 1.03 bits per heavy atom. The first-order valence-electron chi connectivity index (χ1n) is 10.9. The number of aryl methyl sites for hydroxylation is 2. The van der Waals surface area contributed by atoms with Crippen LogP contribution < -0.4 is 4.74 Å². The average Bonchev–Trinajstić information content (AvgIpc) is 3.22. The Bertz CT molecular complexity index is 996. The van der Waals surface area contributed by atoms with Crippen LogP contribution in [0.3, 0.4) is 0 Å². The van der Waals surface area contributed by atoms with E-state index in [-0.39, 0.29) is 0 Å². The second-order valence-electron chi connectivity index (χ2n) is 8.38. The number of rotatable bonds is 8. The molecule has 0 bridgehead atoms. The summed E-state index contributed by atoms with van der Waals surface area (Å²) in [6, 6.07) is 13.5. The smallest absolute Gasteiger partial charge is 0.241 e. The predicted molar refractivity (Wildman–Crippen MR) is 124 cm³/mol. The Kier molecular flexibility index (Phi) is 7.42. The minimum Gasteiger partial charge on any atom is -0.491 e. The molecular formula is C24H29ClN4O3. The number of hydrogen-bond acceptors (Lipinski definition) is 7. The van der Waals surface area contributed by atoms with Crippen LogP contribution in [-0.4, -0.2) is 70.5 Å². The number of β-amino-alcohol motifs (C(OH)–C–C–N with tert-alkyl or cyclic N) is 1. The van der Waals surface area contributed by atoms with E-state index in [0.29, 0.717) is 36.4 Å². The molecule has 32 heavy (non-hydrogen) atoms. The van der Waals surface area contributed by atoms with Crippen molar-refractivity contribution in [2.75, 3.05) is 39.3 Å². The molecule has 1 atom stereocenters. The highest BCUT2D eigenvalue weighted by atomic mass is 35.5. The Balaban J connectivity index is 1.20. The summed E-state index contributed by atoms with van der Waals surface area (Å²) < 4.78 is 11.2. The maximum absolute atomic E-state index is 10.4. The van der Waals surface area contributed by atoms with E-state index in [2.05, 4.69) is 26.0 Å². The van der Waals surface area contributed by atoms with Crippen LogP contribution in [0, 0.1) is 13.8 Å². The molecule has 1 aliphatic heterocycles. The van der Waals surface area contributed by atoms with E-state index in [1.54, 1.807) is 0 Å². The molecule has 1 unspecified atom stereocenters. The molecule has 1 saturated heterocycles. The molecule has 0 radical (unpaired) electrons. The van der Waals surface area contributed by atoms with Gasteiger partial charge in [0, 0.05) is 43.3 Å². The molecule has 4 rings (SSSR count). The van der Waals surface area contributed by atoms with Gasteiger partial charge in [0.1, 0.15) is 18.5 Å². The Morgan fingerprint density at radius 3 is 2.38 bits per heavy atom. The van der Waals surface area contributed by atoms with Gasteiger partial charge in [-0.25, -0.2) is 0 Å². The van der Waals surface area contributed by atoms with Gasteiger partial charge in [-0.05, 0) is 61.4 Å². The lowest BCUT2D eigenvalue weighted by atomic mass is 10.1. The molecule has 3 aromatic rings. The summed E-state index contributed by atoms with van der Waals surface area (Å²) in [7, 11) is 0. The highest BCUT2D eigenvalue weighted by Crippen LogP contribution is 2.20. The van der Waals surface area contributed by atoms with Gasteiger partial charge in [0.2, 0.25) is 11.7 Å². The number of aliphatic hydroxyl groups excluding tert-OH is 1. The topological polar surface area (TPSA) is 74.9 Å². The van der Waals surface area contributed by atoms with Gasteiger partial charge in [-0.2, -0.15) is 4.98 Å². The van der Waals surface area contributed by atoms with Gasteiger partial charge in [0.25, 0.3) is 0 Å². The fourth-order valence-corrected chi connectivity index (χ4v) is 4.04. The van der Waals surface area contributed by atoms with Crippen LogP contribution in [0.4, 0.5) is 0 Å². The van der Waals surface area contributed by atoms with E-state index in [4.69, 9.17) is 20.9 Å². The monoisotopic (exact) mass is 456 g/mol. The quantitative estimate of drug-likeness (QED) is 0.555. The van der Waals surface area contributed by atoms with Gasteiger partial charge in [-0.1, -0.05) is 22.8 Å². The summed E-state index contributed by atoms with van der Waals surface area (Å²) in [6.45, 7) is 9.10. The molecule has 0 aliphatic carbocycles. The van der Waals surface area contributed by atoms with Crippen LogP contribution >= 0.6 is 11.6 Å². The zero-order chi connectivity index (χ0) is 22.5. The molecule has 1 aliphatic rings. The Hall–Kier alpha value is -2.45. The van der Waals surface area contributed by atoms with Crippen molar-refractivity contribution in [3.63, 3.8) is 0 Å². The van der Waals surface area contributed by atoms with Crippen molar-refractivity contribution in [1.82, 2.24) is 19.9 Å². The molecule has 1 aromatic heterocycles. The van der Waals surface area contributed by atoms with Crippen LogP contribution in [0.15, 0.2) is 47.0 Å². The highest BCUT2D eigenvalue weighted by molar-refractivity contribution is 6.30. The number of aromatic nitrogens is 2. The first kappa shape index (κ1) is 22.7. The second-order valence-corrected chi connectivity index (χ2v) is 8.82. The van der Waals surface area contributed by atoms with Crippen molar-refractivity contribution >= 4 is 11.6 Å². The van der Waals surface area contributed by atoms with Gasteiger partial charge >= 0.3 is 0 Å². The minimum atomic E-state index is -0.528. The molecule has 1 N–H and O–H groups in total. The first-order chi connectivity index (χ1) is 15.4. The largest absolute Gasteiger partial charge is 0.491 e. The molecule has 0 amide bonds. The van der Waals surface area contributed by atoms with Crippen LogP contribution in [-0.2, 0) is 6.54 Å². The SMILES string of the molecule is Cc1cc(C)cc(OCC(O)CN2CCN(Cc3nc(-c4ccc(Cl)cc4)no3)CC2)c1. The normalized spacial score (nSPS) is 16.2. The molecule has 8 heteroatoms. The lowest BCUT2D eigenvalue weighted by Gasteiger charge is -2.34. The number of nitrogens with zero attached hydrogens (tertiary/aromatic N) is 4. The van der Waals surface area contributed by atoms with Gasteiger partial charge in [-0.15, -0.1) is 0 Å². The fraction of sp³-hybridized carbons (Fsp3) is 0.417. The lowest BCUT2D eigenvalue weighted by molar-refractivity contribution is 0.0426. The maximum Gasteiger partial charge on any atom is 0.241 e. The highest BCUT2D eigenvalue weighted by Gasteiger charge is 2.21. The number of hydrogen-bond donors (Lipinski definition) is 1. The summed E-state index contributed by atoms with van der Waals surface area (Å²) in [4.78, 5) is 9.05. The van der Waals surface area contributed by atoms with Crippen molar-refractivity contribution in [1.29, 1.82) is 0 Å². The van der Waals surface area contributed by atoms with Gasteiger partial charge in [-0.3, -0.25) is 9.80 Å². The number of ether oxygens (including phenoxy) is 1. The molecule has 2 aromatic carbocycles. The summed E-state index contributed by atoms with van der Waals surface area (Å²) in [5.41, 5.74) is 3.20. The van der Waals surface area contributed by atoms with E-state index in [0.717, 1.165) is 48.6 Å². The zero-order valence-electron chi connectivity index (χ0n) is 18.5. The summed E-state index contributed by atoms with van der Waals surface area (Å²) >= 11 is 5.94. The van der Waals surface area contributed by atoms with Crippen LogP contribution in [0.2, 0.25) is 5.02 Å². The number of aliphatic hydroxyl groups is 1. The third-order valence-electron chi connectivity index (χ3n) is 5.50. The molecule has 0 saturated carbocycles. The van der Waals surface area contributed by atoms with Crippen molar-refractivity contribution in [2.24, 2.45) is 0 Å². The molecule has 170 valence electrons. The standard InChI is InChI=1S/C24H29ClN4O3/c1-17-11-18(2)13-22(12-17)31-16-21(30)14-28-7-9-29(10-8-28)15-23-26-24(27-32-23)19-3-5-20(25)6-4-19/h3-6,11-13,21,30H,7-10,14-16H2,1-2H3. The maximum atomic E-state index is 10.4. The second kappa shape index (κ2) is 10.4. The van der Waals surface area contributed by atoms with Crippen molar-refractivity contribution in [2.45, 2.75) is 26.5 Å². The molecule has 1 fully saturated rings. The zero-order valence-corrected chi connectivity index (χ0v) is 19.3. The first-order valence-corrected chi connectivity index (χ1v) is 11.2. The van der Waals surface area contributed by atoms with Crippen LogP contribution in [0.5, 0.6) is 5.75 Å². The summed E-state index contributed by atoms with van der Waals surface area (Å²) in [6.07, 6.45) is -0.528. The van der Waals surface area contributed by atoms with E-state index in [1.807, 2.05) is 50.2 Å². The van der Waals surface area contributed by atoms with E-state index < -0.39 is 6.10 Å². The lowest BCUT2D eigenvalue weighted by Crippen LogP contribution is -2.48. The van der Waals surface area contributed by atoms with Crippen molar-refractivity contribution in [3.05, 3.63) is 64.5 Å². The minimum absolute atomic E-state index is 0.290. The van der Waals surface area contributed by atoms with E-state index >= 15 is 0 Å². The summed E-state index contributed by atoms with van der Waals surface area (Å²) in [5, 5.41) is 15.2. The molecule has 0 spiro atoms. The van der Waals surface area contributed by atoms with Gasteiger partial charge in [0.05, 0.1) is 6.54 Å². The number of benzene rings is 2. The number of piperazine rings is 1. The average molecular weight is 457 g/mol. The molecular weight excluding hydrogens is 428 g/mol. The number of halogens is 1. The van der Waals surface area contributed by atoms with Crippen LogP contribution in [0.1, 0.15) is 17.0 Å². The van der Waals surface area contributed by atoms with E-state index in [1.165, 1.54) is 0 Å².